The van der Waals surface area contributed by atoms with Crippen molar-refractivity contribution >= 4 is 23.2 Å². The fourth-order valence-corrected chi connectivity index (χ4v) is 1.72. The highest BCUT2D eigenvalue weighted by Crippen LogP contribution is 2.15. The first-order valence-electron chi connectivity index (χ1n) is 5.67. The molecule has 0 atom stereocenters. The van der Waals surface area contributed by atoms with E-state index in [0.717, 1.165) is 30.9 Å². The highest BCUT2D eigenvalue weighted by molar-refractivity contribution is 6.17. The zero-order valence-electron chi connectivity index (χ0n) is 9.74. The van der Waals surface area contributed by atoms with E-state index in [0.29, 0.717) is 11.8 Å². The van der Waals surface area contributed by atoms with Crippen molar-refractivity contribution in [3.05, 3.63) is 48.0 Å². The number of rotatable bonds is 5. The number of nitrogens with zero attached hydrogens (tertiary/aromatic N) is 2. The Morgan fingerprint density at radius 3 is 2.72 bits per heavy atom. The second-order valence-corrected chi connectivity index (χ2v) is 4.22. The van der Waals surface area contributed by atoms with E-state index in [-0.39, 0.29) is 0 Å². The molecule has 0 radical (unpaired) electrons. The van der Waals surface area contributed by atoms with Crippen LogP contribution in [-0.2, 0) is 6.42 Å². The molecule has 0 spiro atoms. The van der Waals surface area contributed by atoms with Crippen molar-refractivity contribution in [3.8, 4) is 0 Å². The van der Waals surface area contributed by atoms with E-state index < -0.39 is 5.82 Å². The summed E-state index contributed by atoms with van der Waals surface area (Å²) in [4.78, 5) is 7.69. The Kier molecular flexibility index (Phi) is 4.47. The minimum Gasteiger partial charge on any atom is -0.324 e. The predicted octanol–water partition coefficient (Wildman–Crippen LogP) is 3.53. The lowest BCUT2D eigenvalue weighted by Crippen LogP contribution is -1.97. The Bertz CT molecular complexity index is 502. The Morgan fingerprint density at radius 2 is 2.00 bits per heavy atom. The van der Waals surface area contributed by atoms with Crippen LogP contribution >= 0.6 is 11.6 Å². The van der Waals surface area contributed by atoms with Gasteiger partial charge in [-0.15, -0.1) is 11.6 Å². The molecule has 0 aliphatic heterocycles. The van der Waals surface area contributed by atoms with Gasteiger partial charge in [-0.3, -0.25) is 0 Å². The van der Waals surface area contributed by atoms with E-state index >= 15 is 0 Å². The standard InChI is InChI=1S/C13H13ClFN3/c14-6-2-4-10-3-1-5-12(7-10)18-13-16-8-11(15)9-17-13/h1,3,5,7-9H,2,4,6H2,(H,16,17,18). The van der Waals surface area contributed by atoms with Gasteiger partial charge in [0.1, 0.15) is 0 Å². The van der Waals surface area contributed by atoms with Crippen molar-refractivity contribution in [1.29, 1.82) is 0 Å². The third-order valence-electron chi connectivity index (χ3n) is 2.40. The minimum atomic E-state index is -0.448. The van der Waals surface area contributed by atoms with Crippen molar-refractivity contribution in [3.63, 3.8) is 0 Å². The normalized spacial score (nSPS) is 10.3. The molecule has 0 saturated heterocycles. The van der Waals surface area contributed by atoms with Crippen LogP contribution in [0.25, 0.3) is 0 Å². The van der Waals surface area contributed by atoms with Crippen LogP contribution in [0.3, 0.4) is 0 Å². The number of hydrogen-bond donors (Lipinski definition) is 1. The number of alkyl halides is 1. The summed E-state index contributed by atoms with van der Waals surface area (Å²) in [6.07, 6.45) is 4.14. The molecule has 5 heteroatoms. The summed E-state index contributed by atoms with van der Waals surface area (Å²) in [5.74, 6) is 0.584. The average Bonchev–Trinajstić information content (AvgIpc) is 2.40. The SMILES string of the molecule is Fc1cnc(Nc2cccc(CCCCl)c2)nc1. The molecule has 18 heavy (non-hydrogen) atoms. The zero-order chi connectivity index (χ0) is 12.8. The minimum absolute atomic E-state index is 0.380. The largest absolute Gasteiger partial charge is 0.324 e. The van der Waals surface area contributed by atoms with Crippen LogP contribution in [0.2, 0.25) is 0 Å². The first kappa shape index (κ1) is 12.8. The first-order valence-corrected chi connectivity index (χ1v) is 6.21. The summed E-state index contributed by atoms with van der Waals surface area (Å²) >= 11 is 5.66. The van der Waals surface area contributed by atoms with E-state index in [1.807, 2.05) is 24.3 Å². The van der Waals surface area contributed by atoms with Crippen molar-refractivity contribution in [1.82, 2.24) is 9.97 Å². The number of anilines is 2. The molecular formula is C13H13ClFN3. The lowest BCUT2D eigenvalue weighted by molar-refractivity contribution is 0.614. The average molecular weight is 266 g/mol. The fraction of sp³-hybridized carbons (Fsp3) is 0.231. The van der Waals surface area contributed by atoms with E-state index in [1.54, 1.807) is 0 Å². The van der Waals surface area contributed by atoms with Gasteiger partial charge >= 0.3 is 0 Å². The molecule has 1 heterocycles. The maximum Gasteiger partial charge on any atom is 0.227 e. The zero-order valence-corrected chi connectivity index (χ0v) is 10.5. The number of aromatic nitrogens is 2. The van der Waals surface area contributed by atoms with E-state index in [1.165, 1.54) is 5.56 Å². The van der Waals surface area contributed by atoms with Gasteiger partial charge in [0.25, 0.3) is 0 Å². The maximum absolute atomic E-state index is 12.7. The van der Waals surface area contributed by atoms with Crippen molar-refractivity contribution < 1.29 is 4.39 Å². The van der Waals surface area contributed by atoms with Gasteiger partial charge in [-0.05, 0) is 30.5 Å². The molecule has 1 aromatic carbocycles. The molecule has 1 aromatic heterocycles. The number of benzene rings is 1. The lowest BCUT2D eigenvalue weighted by atomic mass is 10.1. The smallest absolute Gasteiger partial charge is 0.227 e. The number of aryl methyl sites for hydroxylation is 1. The molecule has 0 saturated carbocycles. The fourth-order valence-electron chi connectivity index (χ4n) is 1.58. The van der Waals surface area contributed by atoms with Crippen molar-refractivity contribution in [2.45, 2.75) is 12.8 Å². The van der Waals surface area contributed by atoms with Crippen LogP contribution in [-0.4, -0.2) is 15.8 Å². The van der Waals surface area contributed by atoms with Gasteiger partial charge in [0, 0.05) is 11.6 Å². The molecule has 94 valence electrons. The Labute approximate surface area is 110 Å². The van der Waals surface area contributed by atoms with Crippen LogP contribution in [0.5, 0.6) is 0 Å². The Balaban J connectivity index is 2.06. The summed E-state index contributed by atoms with van der Waals surface area (Å²) in [5.41, 5.74) is 2.08. The molecular weight excluding hydrogens is 253 g/mol. The molecule has 0 unspecified atom stereocenters. The third kappa shape index (κ3) is 3.67. The van der Waals surface area contributed by atoms with Crippen LogP contribution in [0, 0.1) is 5.82 Å². The van der Waals surface area contributed by atoms with Crippen molar-refractivity contribution in [2.24, 2.45) is 0 Å². The van der Waals surface area contributed by atoms with Crippen LogP contribution in [0.15, 0.2) is 36.7 Å². The van der Waals surface area contributed by atoms with Gasteiger partial charge < -0.3 is 5.32 Å². The molecule has 0 fully saturated rings. The third-order valence-corrected chi connectivity index (χ3v) is 2.67. The molecule has 1 N–H and O–H groups in total. The van der Waals surface area contributed by atoms with Crippen LogP contribution in [0.1, 0.15) is 12.0 Å². The van der Waals surface area contributed by atoms with Crippen molar-refractivity contribution in [2.75, 3.05) is 11.2 Å². The molecule has 0 aliphatic rings. The highest BCUT2D eigenvalue weighted by Gasteiger charge is 2.00. The molecule has 0 amide bonds. The number of nitrogens with one attached hydrogen (secondary N) is 1. The van der Waals surface area contributed by atoms with Crippen LogP contribution in [0.4, 0.5) is 16.0 Å². The quantitative estimate of drug-likeness (QED) is 0.841. The second-order valence-electron chi connectivity index (χ2n) is 3.84. The summed E-state index contributed by atoms with van der Waals surface area (Å²) < 4.78 is 12.7. The summed E-state index contributed by atoms with van der Waals surface area (Å²) in [6.45, 7) is 0. The van der Waals surface area contributed by atoms with Gasteiger partial charge in [0.15, 0.2) is 5.82 Å². The van der Waals surface area contributed by atoms with E-state index in [2.05, 4.69) is 15.3 Å². The molecule has 0 aliphatic carbocycles. The summed E-state index contributed by atoms with van der Waals surface area (Å²) in [5, 5.41) is 3.03. The van der Waals surface area contributed by atoms with Gasteiger partial charge in [0.2, 0.25) is 5.95 Å². The molecule has 2 aromatic rings. The van der Waals surface area contributed by atoms with E-state index in [9.17, 15) is 4.39 Å². The monoisotopic (exact) mass is 265 g/mol. The Morgan fingerprint density at radius 1 is 1.22 bits per heavy atom. The first-order chi connectivity index (χ1) is 8.78. The molecule has 3 nitrogen and oxygen atoms in total. The van der Waals surface area contributed by atoms with E-state index in [4.69, 9.17) is 11.6 Å². The van der Waals surface area contributed by atoms with Gasteiger partial charge in [-0.25, -0.2) is 14.4 Å². The van der Waals surface area contributed by atoms with Gasteiger partial charge in [-0.1, -0.05) is 12.1 Å². The van der Waals surface area contributed by atoms with Gasteiger partial charge in [-0.2, -0.15) is 0 Å². The number of hydrogen-bond acceptors (Lipinski definition) is 3. The maximum atomic E-state index is 12.7. The predicted molar refractivity (Wildman–Crippen MR) is 70.8 cm³/mol. The molecule has 0 bridgehead atoms. The van der Waals surface area contributed by atoms with Gasteiger partial charge in [0.05, 0.1) is 12.4 Å². The second kappa shape index (κ2) is 6.31. The molecule has 2 rings (SSSR count). The highest BCUT2D eigenvalue weighted by atomic mass is 35.5. The Hall–Kier alpha value is -1.68. The van der Waals surface area contributed by atoms with Crippen LogP contribution < -0.4 is 5.32 Å². The number of halogens is 2. The lowest BCUT2D eigenvalue weighted by Gasteiger charge is -2.06. The summed E-state index contributed by atoms with van der Waals surface area (Å²) in [6, 6.07) is 7.93. The summed E-state index contributed by atoms with van der Waals surface area (Å²) in [7, 11) is 0. The topological polar surface area (TPSA) is 37.8 Å².